The van der Waals surface area contributed by atoms with Gasteiger partial charge in [0.2, 0.25) is 0 Å². The zero-order valence-electron chi connectivity index (χ0n) is 11.9. The summed E-state index contributed by atoms with van der Waals surface area (Å²) in [6, 6.07) is 2.85. The van der Waals surface area contributed by atoms with Gasteiger partial charge in [-0.15, -0.1) is 0 Å². The molecule has 0 bridgehead atoms. The molecule has 21 heavy (non-hydrogen) atoms. The maximum absolute atomic E-state index is 12.1. The minimum absolute atomic E-state index is 0.0271. The highest BCUT2D eigenvalue weighted by molar-refractivity contribution is 7.87. The summed E-state index contributed by atoms with van der Waals surface area (Å²) in [7, 11) is -1.20. The fourth-order valence-corrected chi connectivity index (χ4v) is 3.36. The molecule has 1 aromatic carbocycles. The van der Waals surface area contributed by atoms with Gasteiger partial charge in [0.1, 0.15) is 4.90 Å². The largest absolute Gasteiger partial charge is 0.493 e. The number of carbonyl (C=O) groups excluding carboxylic acids is 1. The van der Waals surface area contributed by atoms with Crippen molar-refractivity contribution in [1.29, 1.82) is 0 Å². The molecule has 0 saturated heterocycles. The highest BCUT2D eigenvalue weighted by Gasteiger charge is 2.37. The molecule has 1 unspecified atom stereocenters. The Balaban J connectivity index is 2.47. The average molecular weight is 316 g/mol. The van der Waals surface area contributed by atoms with Crippen molar-refractivity contribution in [3.63, 3.8) is 0 Å². The van der Waals surface area contributed by atoms with Gasteiger partial charge in [0.05, 0.1) is 20.8 Å². The molecule has 0 radical (unpaired) electrons. The van der Waals surface area contributed by atoms with Crippen molar-refractivity contribution in [2.45, 2.75) is 24.3 Å². The van der Waals surface area contributed by atoms with E-state index in [1.165, 1.54) is 26.4 Å². The second-order valence-corrected chi connectivity index (χ2v) is 5.85. The van der Waals surface area contributed by atoms with Crippen molar-refractivity contribution in [1.82, 2.24) is 0 Å². The van der Waals surface area contributed by atoms with Crippen LogP contribution >= 0.6 is 0 Å². The topological polar surface area (TPSA) is 88.1 Å². The average Bonchev–Trinajstić information content (AvgIpc) is 2.45. The van der Waals surface area contributed by atoms with E-state index in [2.05, 4.69) is 0 Å². The van der Waals surface area contributed by atoms with Gasteiger partial charge >= 0.3 is 5.97 Å². The van der Waals surface area contributed by atoms with E-state index in [4.69, 9.17) is 18.4 Å². The van der Waals surface area contributed by atoms with Crippen LogP contribution < -0.4 is 9.47 Å². The van der Waals surface area contributed by atoms with Crippen LogP contribution in [-0.4, -0.2) is 41.3 Å². The molecule has 116 valence electrons. The van der Waals surface area contributed by atoms with E-state index in [0.29, 0.717) is 11.3 Å². The van der Waals surface area contributed by atoms with Crippen LogP contribution in [0.3, 0.4) is 0 Å². The first-order chi connectivity index (χ1) is 9.92. The second-order valence-electron chi connectivity index (χ2n) is 4.31. The van der Waals surface area contributed by atoms with E-state index in [1.54, 1.807) is 6.92 Å². The number of esters is 1. The highest BCUT2D eigenvalue weighted by Crippen LogP contribution is 2.37. The van der Waals surface area contributed by atoms with Crippen LogP contribution in [0.4, 0.5) is 0 Å². The number of rotatable bonds is 4. The third-order valence-corrected chi connectivity index (χ3v) is 4.44. The summed E-state index contributed by atoms with van der Waals surface area (Å²) in [5.41, 5.74) is 0.428. The van der Waals surface area contributed by atoms with E-state index >= 15 is 0 Å². The molecule has 0 N–H and O–H groups in total. The molecule has 0 fully saturated rings. The highest BCUT2D eigenvalue weighted by atomic mass is 32.2. The lowest BCUT2D eigenvalue weighted by atomic mass is 10.1. The zero-order chi connectivity index (χ0) is 15.6. The molecular weight excluding hydrogens is 300 g/mol. The summed E-state index contributed by atoms with van der Waals surface area (Å²) < 4.78 is 44.2. The molecule has 0 spiro atoms. The Morgan fingerprint density at radius 3 is 2.48 bits per heavy atom. The molecule has 1 aliphatic heterocycles. The third-order valence-electron chi connectivity index (χ3n) is 3.03. The predicted molar refractivity (Wildman–Crippen MR) is 71.9 cm³/mol. The van der Waals surface area contributed by atoms with Gasteiger partial charge in [-0.3, -0.25) is 4.18 Å². The zero-order valence-corrected chi connectivity index (χ0v) is 12.7. The van der Waals surface area contributed by atoms with E-state index in [1.807, 2.05) is 0 Å². The number of methoxy groups -OCH3 is 2. The first-order valence-electron chi connectivity index (χ1n) is 6.27. The molecule has 1 aromatic rings. The van der Waals surface area contributed by atoms with E-state index in [0.717, 1.165) is 0 Å². The van der Waals surface area contributed by atoms with Gasteiger partial charge in [-0.25, -0.2) is 4.79 Å². The van der Waals surface area contributed by atoms with Crippen molar-refractivity contribution in [3.8, 4) is 11.5 Å². The lowest BCUT2D eigenvalue weighted by molar-refractivity contribution is -0.151. The van der Waals surface area contributed by atoms with Crippen molar-refractivity contribution in [3.05, 3.63) is 17.7 Å². The standard InChI is InChI=1S/C13H16O7S/c1-4-19-13(14)11-6-8-5-9(17-2)10(18-3)7-12(8)21(15,16)20-11/h5,7,11H,4,6H2,1-3H3. The summed E-state index contributed by atoms with van der Waals surface area (Å²) in [6.45, 7) is 1.79. The number of fused-ring (bicyclic) bond motifs is 1. The molecule has 7 nitrogen and oxygen atoms in total. The second kappa shape index (κ2) is 5.90. The van der Waals surface area contributed by atoms with Crippen molar-refractivity contribution < 1.29 is 31.6 Å². The first kappa shape index (κ1) is 15.6. The summed E-state index contributed by atoms with van der Waals surface area (Å²) >= 11 is 0. The molecule has 0 aromatic heterocycles. The Morgan fingerprint density at radius 1 is 1.29 bits per heavy atom. The van der Waals surface area contributed by atoms with Crippen molar-refractivity contribution in [2.75, 3.05) is 20.8 Å². The summed E-state index contributed by atoms with van der Waals surface area (Å²) in [5.74, 6) is -0.0459. The molecule has 2 rings (SSSR count). The normalized spacial score (nSPS) is 19.5. The molecular formula is C13H16O7S. The van der Waals surface area contributed by atoms with Gasteiger partial charge < -0.3 is 14.2 Å². The number of ether oxygens (including phenoxy) is 3. The Hall–Kier alpha value is -1.80. The molecule has 0 saturated carbocycles. The van der Waals surface area contributed by atoms with Crippen molar-refractivity contribution in [2.24, 2.45) is 0 Å². The fraction of sp³-hybridized carbons (Fsp3) is 0.462. The van der Waals surface area contributed by atoms with Crippen LogP contribution in [0.2, 0.25) is 0 Å². The Bertz CT molecular complexity index is 651. The maximum atomic E-state index is 12.1. The molecule has 8 heteroatoms. The van der Waals surface area contributed by atoms with Crippen LogP contribution in [0.1, 0.15) is 12.5 Å². The van der Waals surface area contributed by atoms with E-state index in [9.17, 15) is 13.2 Å². The van der Waals surface area contributed by atoms with E-state index < -0.39 is 22.2 Å². The van der Waals surface area contributed by atoms with Gasteiger partial charge in [-0.2, -0.15) is 8.42 Å². The Morgan fingerprint density at radius 2 is 1.90 bits per heavy atom. The molecule has 1 aliphatic rings. The first-order valence-corrected chi connectivity index (χ1v) is 7.68. The minimum atomic E-state index is -4.05. The molecule has 1 atom stereocenters. The summed E-state index contributed by atoms with van der Waals surface area (Å²) in [5, 5.41) is 0. The van der Waals surface area contributed by atoms with Gasteiger partial charge in [0.15, 0.2) is 17.6 Å². The number of hydrogen-bond acceptors (Lipinski definition) is 7. The van der Waals surface area contributed by atoms with Crippen LogP contribution in [0.5, 0.6) is 11.5 Å². The van der Waals surface area contributed by atoms with Gasteiger partial charge in [0.25, 0.3) is 10.1 Å². The Labute approximate surface area is 122 Å². The predicted octanol–water partition coefficient (Wildman–Crippen LogP) is 0.897. The summed E-state index contributed by atoms with van der Waals surface area (Å²) in [6.07, 6.45) is -1.09. The SMILES string of the molecule is CCOC(=O)C1Cc2cc(OC)c(OC)cc2S(=O)(=O)O1. The van der Waals surface area contributed by atoms with E-state index in [-0.39, 0.29) is 23.7 Å². The van der Waals surface area contributed by atoms with Gasteiger partial charge in [-0.1, -0.05) is 0 Å². The van der Waals surface area contributed by atoms with Gasteiger partial charge in [-0.05, 0) is 18.6 Å². The van der Waals surface area contributed by atoms with Crippen LogP contribution in [0.15, 0.2) is 17.0 Å². The number of carbonyl (C=O) groups is 1. The third kappa shape index (κ3) is 2.96. The van der Waals surface area contributed by atoms with Crippen molar-refractivity contribution >= 4 is 16.1 Å². The maximum Gasteiger partial charge on any atom is 0.337 e. The number of hydrogen-bond donors (Lipinski definition) is 0. The minimum Gasteiger partial charge on any atom is -0.493 e. The smallest absolute Gasteiger partial charge is 0.337 e. The fourth-order valence-electron chi connectivity index (χ4n) is 2.09. The molecule has 1 heterocycles. The summed E-state index contributed by atoms with van der Waals surface area (Å²) in [4.78, 5) is 11.7. The van der Waals surface area contributed by atoms with Crippen LogP contribution in [0, 0.1) is 0 Å². The van der Waals surface area contributed by atoms with Crippen LogP contribution in [-0.2, 0) is 30.3 Å². The van der Waals surface area contributed by atoms with Crippen LogP contribution in [0.25, 0.3) is 0 Å². The van der Waals surface area contributed by atoms with Gasteiger partial charge in [0, 0.05) is 12.5 Å². The quantitative estimate of drug-likeness (QED) is 0.602. The lowest BCUT2D eigenvalue weighted by Gasteiger charge is -2.24. The lowest BCUT2D eigenvalue weighted by Crippen LogP contribution is -2.35. The monoisotopic (exact) mass is 316 g/mol. The Kier molecular flexibility index (Phi) is 4.38. The molecule has 0 amide bonds. The molecule has 0 aliphatic carbocycles. The number of benzene rings is 1.